The van der Waals surface area contributed by atoms with E-state index in [0.29, 0.717) is 0 Å². The number of hydrogen-bond donors (Lipinski definition) is 0. The van der Waals surface area contributed by atoms with E-state index in [2.05, 4.69) is 25.8 Å². The minimum absolute atomic E-state index is 0.844. The minimum Gasteiger partial charge on any atom is -0.453 e. The molecule has 1 rings (SSSR count). The molecule has 0 heterocycles. The van der Waals surface area contributed by atoms with Gasteiger partial charge in [-0.05, 0) is 30.4 Å². The van der Waals surface area contributed by atoms with Crippen molar-refractivity contribution in [3.05, 3.63) is 30.3 Å². The van der Waals surface area contributed by atoms with Crippen molar-refractivity contribution in [3.8, 4) is 5.75 Å². The second-order valence-electron chi connectivity index (χ2n) is 3.35. The number of hydrogen-bond acceptors (Lipinski definition) is 3. The van der Waals surface area contributed by atoms with Crippen LogP contribution in [0.15, 0.2) is 30.3 Å². The van der Waals surface area contributed by atoms with Gasteiger partial charge < -0.3 is 4.52 Å². The van der Waals surface area contributed by atoms with E-state index in [1.54, 1.807) is 0 Å². The summed E-state index contributed by atoms with van der Waals surface area (Å²) in [5.41, 5.74) is 0. The average molecular weight is 340 g/mol. The van der Waals surface area contributed by atoms with Crippen molar-refractivity contribution in [3.63, 3.8) is 0 Å². The molecule has 0 aliphatic heterocycles. The first-order valence-electron chi connectivity index (χ1n) is 4.99. The van der Waals surface area contributed by atoms with Crippen molar-refractivity contribution in [2.75, 3.05) is 13.2 Å². The van der Waals surface area contributed by atoms with Gasteiger partial charge in [0, 0.05) is 38.4 Å². The highest BCUT2D eigenvalue weighted by molar-refractivity contribution is 9.50. The average Bonchev–Trinajstić information content (AvgIpc) is 2.26. The van der Waals surface area contributed by atoms with Gasteiger partial charge in [0.15, 0.2) is 6.42 Å². The van der Waals surface area contributed by atoms with Crippen LogP contribution >= 0.6 is 31.6 Å². The third-order valence-corrected chi connectivity index (χ3v) is 7.84. The molecule has 1 aromatic rings. The summed E-state index contributed by atoms with van der Waals surface area (Å²) >= 11 is 8.97. The molecule has 0 bridgehead atoms. The Kier molecular flexibility index (Phi) is 6.37. The zero-order valence-electron chi connectivity index (χ0n) is 9.30. The second-order valence-corrected chi connectivity index (χ2v) is 9.37. The molecule has 16 heavy (non-hydrogen) atoms. The molecule has 0 aliphatic rings. The van der Waals surface area contributed by atoms with Crippen LogP contribution in [0.2, 0.25) is 0 Å². The standard InChI is InChI=1S/C10H15BrNOPS2/c1-3-9-12(16-11)14(2,15)13-10-7-5-4-6-8-10/h4-8H,3,9H2,1-2H3. The molecule has 0 N–H and O–H groups in total. The lowest BCUT2D eigenvalue weighted by molar-refractivity contribution is 0.554. The first kappa shape index (κ1) is 14.5. The molecular formula is C10H15BrNOPS2. The summed E-state index contributed by atoms with van der Waals surface area (Å²) in [5.74, 6) is 0.844. The van der Waals surface area contributed by atoms with Gasteiger partial charge in [-0.1, -0.05) is 25.1 Å². The molecule has 1 aromatic carbocycles. The fraction of sp³-hybridized carbons (Fsp3) is 0.400. The Labute approximate surface area is 114 Å². The van der Waals surface area contributed by atoms with Crippen molar-refractivity contribution in [2.45, 2.75) is 13.3 Å². The van der Waals surface area contributed by atoms with Gasteiger partial charge in [-0.2, -0.15) is 4.08 Å². The number of halogens is 1. The Hall–Kier alpha value is 0.460. The summed E-state index contributed by atoms with van der Waals surface area (Å²) in [6, 6.07) is 9.75. The lowest BCUT2D eigenvalue weighted by atomic mass is 10.3. The van der Waals surface area contributed by atoms with E-state index in [1.165, 1.54) is 10.4 Å². The van der Waals surface area contributed by atoms with E-state index in [-0.39, 0.29) is 0 Å². The number of para-hydroxylation sites is 1. The quantitative estimate of drug-likeness (QED) is 0.551. The molecule has 0 saturated heterocycles. The maximum Gasteiger partial charge on any atom is 0.188 e. The van der Waals surface area contributed by atoms with Crippen LogP contribution in [0, 0.1) is 0 Å². The van der Waals surface area contributed by atoms with Crippen LogP contribution in [0.25, 0.3) is 0 Å². The van der Waals surface area contributed by atoms with Crippen LogP contribution in [0.5, 0.6) is 5.75 Å². The van der Waals surface area contributed by atoms with E-state index < -0.39 is 6.42 Å². The van der Waals surface area contributed by atoms with Crippen LogP contribution in [0.3, 0.4) is 0 Å². The van der Waals surface area contributed by atoms with Gasteiger partial charge in [0.05, 0.1) is 0 Å². The minimum atomic E-state index is -1.96. The third-order valence-electron chi connectivity index (χ3n) is 1.92. The lowest BCUT2D eigenvalue weighted by Gasteiger charge is -2.28. The molecule has 1 atom stereocenters. The van der Waals surface area contributed by atoms with Gasteiger partial charge in [-0.25, -0.2) is 0 Å². The third kappa shape index (κ3) is 4.38. The van der Waals surface area contributed by atoms with E-state index in [9.17, 15) is 0 Å². The fourth-order valence-electron chi connectivity index (χ4n) is 1.19. The van der Waals surface area contributed by atoms with Gasteiger partial charge >= 0.3 is 0 Å². The highest BCUT2D eigenvalue weighted by Crippen LogP contribution is 2.52. The van der Waals surface area contributed by atoms with Crippen LogP contribution in [-0.2, 0) is 11.8 Å². The van der Waals surface area contributed by atoms with Gasteiger partial charge in [0.1, 0.15) is 5.75 Å². The van der Waals surface area contributed by atoms with Crippen LogP contribution in [0.1, 0.15) is 13.3 Å². The van der Waals surface area contributed by atoms with Crippen molar-refractivity contribution in [2.24, 2.45) is 0 Å². The SMILES string of the molecule is CCCN(SBr)P(C)(=S)Oc1ccccc1. The number of rotatable bonds is 6. The lowest BCUT2D eigenvalue weighted by Crippen LogP contribution is -2.14. The summed E-state index contributed by atoms with van der Waals surface area (Å²) in [4.78, 5) is 0. The molecule has 2 nitrogen and oxygen atoms in total. The molecule has 0 spiro atoms. The van der Waals surface area contributed by atoms with Crippen molar-refractivity contribution in [1.29, 1.82) is 0 Å². The van der Waals surface area contributed by atoms with Crippen LogP contribution in [-0.4, -0.2) is 17.3 Å². The highest BCUT2D eigenvalue weighted by atomic mass is 79.9. The van der Waals surface area contributed by atoms with E-state index in [1.807, 2.05) is 37.0 Å². The van der Waals surface area contributed by atoms with Gasteiger partial charge in [-0.3, -0.25) is 0 Å². The second kappa shape index (κ2) is 7.02. The molecule has 0 radical (unpaired) electrons. The van der Waals surface area contributed by atoms with Gasteiger partial charge in [0.2, 0.25) is 0 Å². The number of nitrogens with zero attached hydrogens (tertiary/aromatic N) is 1. The van der Waals surface area contributed by atoms with E-state index in [4.69, 9.17) is 16.3 Å². The molecule has 0 aromatic heterocycles. The first-order chi connectivity index (χ1) is 7.60. The summed E-state index contributed by atoms with van der Waals surface area (Å²) in [7, 11) is 1.49. The summed E-state index contributed by atoms with van der Waals surface area (Å²) in [6.07, 6.45) is -0.900. The Bertz CT molecular complexity index is 363. The molecule has 90 valence electrons. The highest BCUT2D eigenvalue weighted by Gasteiger charge is 2.22. The summed E-state index contributed by atoms with van der Waals surface area (Å²) in [6.45, 7) is 5.06. The van der Waals surface area contributed by atoms with Crippen molar-refractivity contribution in [1.82, 2.24) is 4.08 Å². The summed E-state index contributed by atoms with van der Waals surface area (Å²) < 4.78 is 8.01. The molecule has 1 unspecified atom stereocenters. The van der Waals surface area contributed by atoms with E-state index >= 15 is 0 Å². The Morgan fingerprint density at radius 3 is 2.56 bits per heavy atom. The van der Waals surface area contributed by atoms with Gasteiger partial charge in [-0.15, -0.1) is 0 Å². The molecule has 6 heteroatoms. The first-order valence-corrected chi connectivity index (χ1v) is 10.7. The number of benzene rings is 1. The van der Waals surface area contributed by atoms with Crippen molar-refractivity contribution < 1.29 is 4.52 Å². The maximum absolute atomic E-state index is 5.91. The fourth-order valence-corrected chi connectivity index (χ4v) is 7.39. The molecule has 0 aliphatic carbocycles. The maximum atomic E-state index is 5.91. The van der Waals surface area contributed by atoms with Crippen molar-refractivity contribution >= 4 is 43.4 Å². The largest absolute Gasteiger partial charge is 0.453 e. The zero-order valence-corrected chi connectivity index (χ0v) is 13.4. The van der Waals surface area contributed by atoms with Gasteiger partial charge in [0.25, 0.3) is 0 Å². The van der Waals surface area contributed by atoms with Crippen LogP contribution < -0.4 is 4.52 Å². The zero-order chi connectivity index (χ0) is 12.0. The topological polar surface area (TPSA) is 12.5 Å². The normalized spacial score (nSPS) is 14.8. The monoisotopic (exact) mass is 339 g/mol. The molecular weight excluding hydrogens is 325 g/mol. The van der Waals surface area contributed by atoms with Crippen LogP contribution in [0.4, 0.5) is 0 Å². The Morgan fingerprint density at radius 2 is 2.06 bits per heavy atom. The predicted molar refractivity (Wildman–Crippen MR) is 80.8 cm³/mol. The smallest absolute Gasteiger partial charge is 0.188 e. The Morgan fingerprint density at radius 1 is 1.44 bits per heavy atom. The molecule has 0 fully saturated rings. The molecule has 0 saturated carbocycles. The Balaban J connectivity index is 2.74. The summed E-state index contributed by atoms with van der Waals surface area (Å²) in [5, 5.41) is 0. The molecule has 0 amide bonds. The predicted octanol–water partition coefficient (Wildman–Crippen LogP) is 4.67. The van der Waals surface area contributed by atoms with E-state index in [0.717, 1.165) is 18.7 Å².